The summed E-state index contributed by atoms with van der Waals surface area (Å²) < 4.78 is 0. The van der Waals surface area contributed by atoms with Gasteiger partial charge in [0.2, 0.25) is 0 Å². The molecule has 1 aliphatic rings. The highest BCUT2D eigenvalue weighted by Gasteiger charge is 2.24. The molecule has 0 aliphatic heterocycles. The first-order valence-electron chi connectivity index (χ1n) is 6.95. The van der Waals surface area contributed by atoms with Crippen molar-refractivity contribution in [2.24, 2.45) is 0 Å². The fourth-order valence-electron chi connectivity index (χ4n) is 2.45. The lowest BCUT2D eigenvalue weighted by molar-refractivity contribution is 0.400. The number of hydrogen-bond acceptors (Lipinski definition) is 2. The largest absolute Gasteiger partial charge is 0.370 e. The van der Waals surface area contributed by atoms with Crippen LogP contribution in [0.1, 0.15) is 38.2 Å². The second-order valence-corrected chi connectivity index (χ2v) is 5.53. The van der Waals surface area contributed by atoms with Gasteiger partial charge in [0.05, 0.1) is 10.7 Å². The van der Waals surface area contributed by atoms with Gasteiger partial charge in [0.25, 0.3) is 0 Å². The van der Waals surface area contributed by atoms with Crippen LogP contribution in [0.4, 0.5) is 5.69 Å². The summed E-state index contributed by atoms with van der Waals surface area (Å²) in [7, 11) is 2.17. The molecule has 1 saturated carbocycles. The van der Waals surface area contributed by atoms with Gasteiger partial charge < -0.3 is 10.2 Å². The zero-order valence-corrected chi connectivity index (χ0v) is 12.1. The monoisotopic (exact) mass is 266 g/mol. The molecule has 0 bridgehead atoms. The molecular weight excluding hydrogens is 244 g/mol. The van der Waals surface area contributed by atoms with Gasteiger partial charge in [-0.1, -0.05) is 30.7 Å². The molecule has 2 rings (SSSR count). The van der Waals surface area contributed by atoms with Gasteiger partial charge in [0.1, 0.15) is 0 Å². The fourth-order valence-corrected chi connectivity index (χ4v) is 2.78. The molecule has 3 heteroatoms. The second-order valence-electron chi connectivity index (χ2n) is 5.12. The number of anilines is 1. The minimum Gasteiger partial charge on any atom is -0.370 e. The van der Waals surface area contributed by atoms with E-state index in [0.717, 1.165) is 24.5 Å². The van der Waals surface area contributed by atoms with Crippen molar-refractivity contribution in [1.82, 2.24) is 5.32 Å². The molecule has 1 aromatic rings. The molecule has 18 heavy (non-hydrogen) atoms. The first-order valence-corrected chi connectivity index (χ1v) is 7.32. The molecule has 100 valence electrons. The lowest BCUT2D eigenvalue weighted by Gasteiger charge is -2.38. The summed E-state index contributed by atoms with van der Waals surface area (Å²) >= 11 is 6.39. The van der Waals surface area contributed by atoms with E-state index < -0.39 is 0 Å². The van der Waals surface area contributed by atoms with Crippen molar-refractivity contribution in [3.63, 3.8) is 0 Å². The highest BCUT2D eigenvalue weighted by molar-refractivity contribution is 6.33. The molecule has 0 saturated heterocycles. The van der Waals surface area contributed by atoms with Crippen molar-refractivity contribution in [2.75, 3.05) is 18.5 Å². The van der Waals surface area contributed by atoms with Crippen LogP contribution in [0.25, 0.3) is 0 Å². The summed E-state index contributed by atoms with van der Waals surface area (Å²) in [5.74, 6) is 0. The van der Waals surface area contributed by atoms with Crippen LogP contribution in [0.3, 0.4) is 0 Å². The predicted octanol–water partition coefficient (Wildman–Crippen LogP) is 3.83. The zero-order valence-electron chi connectivity index (χ0n) is 11.4. The number of hydrogen-bond donors (Lipinski definition) is 1. The minimum atomic E-state index is 0.676. The average Bonchev–Trinajstić information content (AvgIpc) is 2.27. The molecule has 1 aliphatic carbocycles. The fraction of sp³-hybridized carbons (Fsp3) is 0.600. The second kappa shape index (κ2) is 6.44. The number of para-hydroxylation sites is 1. The van der Waals surface area contributed by atoms with E-state index in [4.69, 9.17) is 11.6 Å². The summed E-state index contributed by atoms with van der Waals surface area (Å²) in [6.45, 7) is 4.15. The van der Waals surface area contributed by atoms with Crippen LogP contribution in [0.15, 0.2) is 18.2 Å². The highest BCUT2D eigenvalue weighted by atomic mass is 35.5. The van der Waals surface area contributed by atoms with E-state index >= 15 is 0 Å². The SMILES string of the molecule is CCCNCc1cccc(Cl)c1N(C)C1CCC1. The van der Waals surface area contributed by atoms with E-state index in [1.54, 1.807) is 0 Å². The Balaban J connectivity index is 2.14. The van der Waals surface area contributed by atoms with Gasteiger partial charge in [-0.3, -0.25) is 0 Å². The Morgan fingerprint density at radius 3 is 2.78 bits per heavy atom. The lowest BCUT2D eigenvalue weighted by Crippen LogP contribution is -2.38. The van der Waals surface area contributed by atoms with Crippen LogP contribution in [0.5, 0.6) is 0 Å². The van der Waals surface area contributed by atoms with E-state index in [1.165, 1.54) is 30.5 Å². The van der Waals surface area contributed by atoms with E-state index in [1.807, 2.05) is 12.1 Å². The third-order valence-corrected chi connectivity index (χ3v) is 4.09. The maximum Gasteiger partial charge on any atom is 0.0642 e. The van der Waals surface area contributed by atoms with Gasteiger partial charge in [-0.2, -0.15) is 0 Å². The Hall–Kier alpha value is -0.730. The number of rotatable bonds is 6. The summed E-state index contributed by atoms with van der Waals surface area (Å²) in [6, 6.07) is 6.90. The number of nitrogens with one attached hydrogen (secondary N) is 1. The number of halogens is 1. The van der Waals surface area contributed by atoms with E-state index in [-0.39, 0.29) is 0 Å². The first-order chi connectivity index (χ1) is 8.74. The standard InChI is InChI=1S/C15H23ClN2/c1-3-10-17-11-12-6-4-9-14(16)15(12)18(2)13-7-5-8-13/h4,6,9,13,17H,3,5,7-8,10-11H2,1-2H3. The van der Waals surface area contributed by atoms with E-state index in [9.17, 15) is 0 Å². The summed E-state index contributed by atoms with van der Waals surface area (Å²) in [5.41, 5.74) is 2.53. The Morgan fingerprint density at radius 2 is 2.17 bits per heavy atom. The molecule has 0 heterocycles. The Kier molecular flexibility index (Phi) is 4.90. The molecular formula is C15H23ClN2. The van der Waals surface area contributed by atoms with E-state index in [0.29, 0.717) is 6.04 Å². The lowest BCUT2D eigenvalue weighted by atomic mass is 9.91. The first kappa shape index (κ1) is 13.7. The molecule has 1 N–H and O–H groups in total. The van der Waals surface area contributed by atoms with Gasteiger partial charge in [-0.15, -0.1) is 0 Å². The van der Waals surface area contributed by atoms with Gasteiger partial charge in [-0.05, 0) is 43.9 Å². The van der Waals surface area contributed by atoms with Crippen LogP contribution in [-0.2, 0) is 6.54 Å². The molecule has 1 aromatic carbocycles. The van der Waals surface area contributed by atoms with Gasteiger partial charge in [-0.25, -0.2) is 0 Å². The summed E-state index contributed by atoms with van der Waals surface area (Å²) in [6.07, 6.45) is 5.10. The zero-order chi connectivity index (χ0) is 13.0. The Labute approximate surface area is 115 Å². The minimum absolute atomic E-state index is 0.676. The third kappa shape index (κ3) is 2.99. The van der Waals surface area contributed by atoms with Crippen molar-refractivity contribution < 1.29 is 0 Å². The van der Waals surface area contributed by atoms with Crippen molar-refractivity contribution >= 4 is 17.3 Å². The maximum atomic E-state index is 6.39. The molecule has 1 fully saturated rings. The highest BCUT2D eigenvalue weighted by Crippen LogP contribution is 2.35. The van der Waals surface area contributed by atoms with Crippen molar-refractivity contribution in [3.05, 3.63) is 28.8 Å². The van der Waals surface area contributed by atoms with Crippen LogP contribution in [0.2, 0.25) is 5.02 Å². The van der Waals surface area contributed by atoms with Gasteiger partial charge in [0, 0.05) is 19.6 Å². The van der Waals surface area contributed by atoms with Crippen LogP contribution in [0, 0.1) is 0 Å². The normalized spacial score (nSPS) is 15.5. The molecule has 0 atom stereocenters. The van der Waals surface area contributed by atoms with Crippen LogP contribution in [-0.4, -0.2) is 19.6 Å². The maximum absolute atomic E-state index is 6.39. The number of benzene rings is 1. The smallest absolute Gasteiger partial charge is 0.0642 e. The topological polar surface area (TPSA) is 15.3 Å². The third-order valence-electron chi connectivity index (χ3n) is 3.79. The summed E-state index contributed by atoms with van der Waals surface area (Å²) in [4.78, 5) is 2.37. The summed E-state index contributed by atoms with van der Waals surface area (Å²) in [5, 5.41) is 4.34. The molecule has 0 spiro atoms. The predicted molar refractivity (Wildman–Crippen MR) is 79.5 cm³/mol. The molecule has 0 unspecified atom stereocenters. The molecule has 0 amide bonds. The molecule has 2 nitrogen and oxygen atoms in total. The van der Waals surface area contributed by atoms with E-state index in [2.05, 4.69) is 30.3 Å². The van der Waals surface area contributed by atoms with Crippen LogP contribution >= 0.6 is 11.6 Å². The quantitative estimate of drug-likeness (QED) is 0.788. The van der Waals surface area contributed by atoms with Gasteiger partial charge in [0.15, 0.2) is 0 Å². The number of nitrogens with zero attached hydrogens (tertiary/aromatic N) is 1. The average molecular weight is 267 g/mol. The molecule has 0 radical (unpaired) electrons. The van der Waals surface area contributed by atoms with Crippen molar-refractivity contribution in [1.29, 1.82) is 0 Å². The van der Waals surface area contributed by atoms with Crippen LogP contribution < -0.4 is 10.2 Å². The van der Waals surface area contributed by atoms with Crippen molar-refractivity contribution in [2.45, 2.75) is 45.2 Å². The van der Waals surface area contributed by atoms with Gasteiger partial charge >= 0.3 is 0 Å². The Morgan fingerprint density at radius 1 is 1.39 bits per heavy atom. The Bertz CT molecular complexity index is 388. The molecule has 0 aromatic heterocycles. The van der Waals surface area contributed by atoms with Crippen molar-refractivity contribution in [3.8, 4) is 0 Å².